The molecule has 0 atom stereocenters. The molecule has 7 aromatic carbocycles. The lowest BCUT2D eigenvalue weighted by Gasteiger charge is -2.24. The predicted molar refractivity (Wildman–Crippen MR) is 270 cm³/mol. The highest BCUT2D eigenvalue weighted by Crippen LogP contribution is 2.47. The van der Waals surface area contributed by atoms with Crippen LogP contribution in [-0.2, 0) is 10.8 Å². The van der Waals surface area contributed by atoms with E-state index in [0.29, 0.717) is 6.67 Å². The second-order valence-electron chi connectivity index (χ2n) is 19.6. The number of hydrogen-bond donors (Lipinski definition) is 0. The third-order valence-corrected chi connectivity index (χ3v) is 13.0. The lowest BCUT2D eigenvalue weighted by Crippen LogP contribution is -2.23. The minimum atomic E-state index is -0.0255. The lowest BCUT2D eigenvalue weighted by atomic mass is 9.86. The van der Waals surface area contributed by atoms with E-state index in [9.17, 15) is 0 Å². The molecular weight excluding hydrogens is 781 g/mol. The fourth-order valence-electron chi connectivity index (χ4n) is 9.50. The third-order valence-electron chi connectivity index (χ3n) is 13.0. The molecule has 10 rings (SSSR count). The van der Waals surface area contributed by atoms with Crippen LogP contribution in [0.25, 0.3) is 49.9 Å². The summed E-state index contributed by atoms with van der Waals surface area (Å²) in [7, 11) is 0. The first kappa shape index (κ1) is 40.9. The van der Waals surface area contributed by atoms with E-state index in [2.05, 4.69) is 234 Å². The van der Waals surface area contributed by atoms with Crippen LogP contribution < -0.4 is 14.5 Å². The molecule has 5 heteroatoms. The van der Waals surface area contributed by atoms with Crippen LogP contribution in [0, 0.1) is 20.8 Å². The van der Waals surface area contributed by atoms with E-state index in [4.69, 9.17) is 9.72 Å². The van der Waals surface area contributed by atoms with Crippen LogP contribution in [0.1, 0.15) is 69.4 Å². The topological polar surface area (TPSA) is 33.5 Å². The molecular formula is C59H56N4O. The minimum absolute atomic E-state index is 0.0255. The smallest absolute Gasteiger partial charge is 0.137 e. The van der Waals surface area contributed by atoms with Gasteiger partial charge in [0.15, 0.2) is 0 Å². The molecule has 318 valence electrons. The van der Waals surface area contributed by atoms with Gasteiger partial charge in [0.2, 0.25) is 0 Å². The Balaban J connectivity index is 1.10. The first-order valence-corrected chi connectivity index (χ1v) is 22.5. The quantitative estimate of drug-likeness (QED) is 0.160. The fraction of sp³-hybridized carbons (Fsp3) is 0.203. The van der Waals surface area contributed by atoms with Crippen LogP contribution in [0.2, 0.25) is 0 Å². The number of fused-ring (bicyclic) bond motifs is 4. The van der Waals surface area contributed by atoms with Crippen molar-refractivity contribution in [2.75, 3.05) is 16.5 Å². The fourth-order valence-corrected chi connectivity index (χ4v) is 9.50. The first-order chi connectivity index (χ1) is 30.7. The van der Waals surface area contributed by atoms with Crippen molar-refractivity contribution < 1.29 is 4.74 Å². The van der Waals surface area contributed by atoms with Crippen molar-refractivity contribution in [1.29, 1.82) is 0 Å². The molecule has 0 amide bonds. The van der Waals surface area contributed by atoms with Gasteiger partial charge in [-0.25, -0.2) is 4.98 Å². The van der Waals surface area contributed by atoms with Crippen LogP contribution in [0.4, 0.5) is 22.7 Å². The average Bonchev–Trinajstić information content (AvgIpc) is 3.82. The maximum Gasteiger partial charge on any atom is 0.137 e. The Morgan fingerprint density at radius 2 is 1.09 bits per heavy atom. The number of pyridine rings is 1. The Bertz CT molecular complexity index is 3200. The van der Waals surface area contributed by atoms with Crippen molar-refractivity contribution in [3.05, 3.63) is 192 Å². The molecule has 1 aliphatic rings. The Kier molecular flexibility index (Phi) is 9.98. The Morgan fingerprint density at radius 1 is 0.484 bits per heavy atom. The highest BCUT2D eigenvalue weighted by molar-refractivity contribution is 6.09. The zero-order chi connectivity index (χ0) is 44.5. The normalized spacial score (nSPS) is 13.0. The van der Waals surface area contributed by atoms with Gasteiger partial charge in [-0.05, 0) is 137 Å². The van der Waals surface area contributed by atoms with Gasteiger partial charge in [-0.3, -0.25) is 4.57 Å². The van der Waals surface area contributed by atoms with Crippen LogP contribution in [0.3, 0.4) is 0 Å². The van der Waals surface area contributed by atoms with Crippen LogP contribution in [0.15, 0.2) is 164 Å². The highest BCUT2D eigenvalue weighted by Gasteiger charge is 2.29. The molecule has 0 saturated heterocycles. The van der Waals surface area contributed by atoms with Crippen molar-refractivity contribution in [3.63, 3.8) is 0 Å². The molecule has 0 bridgehead atoms. The molecule has 0 saturated carbocycles. The summed E-state index contributed by atoms with van der Waals surface area (Å²) in [5.41, 5.74) is 17.7. The molecule has 1 aliphatic heterocycles. The molecule has 0 unspecified atom stereocenters. The Hall–Kier alpha value is -7.11. The molecule has 3 heterocycles. The van der Waals surface area contributed by atoms with Crippen molar-refractivity contribution >= 4 is 44.6 Å². The van der Waals surface area contributed by atoms with Gasteiger partial charge >= 0.3 is 0 Å². The van der Waals surface area contributed by atoms with E-state index in [1.165, 1.54) is 50.0 Å². The van der Waals surface area contributed by atoms with Gasteiger partial charge in [-0.1, -0.05) is 126 Å². The molecule has 2 aromatic heterocycles. The second-order valence-corrected chi connectivity index (χ2v) is 19.6. The van der Waals surface area contributed by atoms with Crippen molar-refractivity contribution in [2.45, 2.75) is 73.1 Å². The number of hydrogen-bond acceptors (Lipinski definition) is 4. The zero-order valence-corrected chi connectivity index (χ0v) is 38.5. The third kappa shape index (κ3) is 7.39. The van der Waals surface area contributed by atoms with Crippen LogP contribution in [0.5, 0.6) is 11.5 Å². The molecule has 0 aliphatic carbocycles. The number of aromatic nitrogens is 2. The van der Waals surface area contributed by atoms with Gasteiger partial charge in [0.1, 0.15) is 24.0 Å². The van der Waals surface area contributed by atoms with Gasteiger partial charge in [0, 0.05) is 46.0 Å². The maximum atomic E-state index is 7.05. The summed E-state index contributed by atoms with van der Waals surface area (Å²) in [6.07, 6.45) is 2.04. The molecule has 9 aromatic rings. The zero-order valence-electron chi connectivity index (χ0n) is 38.5. The molecule has 64 heavy (non-hydrogen) atoms. The van der Waals surface area contributed by atoms with E-state index in [-0.39, 0.29) is 10.8 Å². The predicted octanol–water partition coefficient (Wildman–Crippen LogP) is 16.1. The van der Waals surface area contributed by atoms with E-state index in [0.717, 1.165) is 61.9 Å². The summed E-state index contributed by atoms with van der Waals surface area (Å²) in [5, 5.41) is 2.34. The summed E-state index contributed by atoms with van der Waals surface area (Å²) >= 11 is 0. The summed E-state index contributed by atoms with van der Waals surface area (Å²) < 4.78 is 9.38. The number of aryl methyl sites for hydroxylation is 3. The number of anilines is 4. The van der Waals surface area contributed by atoms with Gasteiger partial charge in [0.25, 0.3) is 0 Å². The van der Waals surface area contributed by atoms with Crippen LogP contribution >= 0.6 is 0 Å². The largest absolute Gasteiger partial charge is 0.457 e. The summed E-state index contributed by atoms with van der Waals surface area (Å²) in [6.45, 7) is 20.8. The minimum Gasteiger partial charge on any atom is -0.457 e. The Labute approximate surface area is 378 Å². The van der Waals surface area contributed by atoms with E-state index < -0.39 is 0 Å². The number of nitrogens with zero attached hydrogens (tertiary/aromatic N) is 4. The highest BCUT2D eigenvalue weighted by atomic mass is 16.5. The van der Waals surface area contributed by atoms with E-state index >= 15 is 0 Å². The van der Waals surface area contributed by atoms with Gasteiger partial charge in [-0.15, -0.1) is 0 Å². The van der Waals surface area contributed by atoms with Crippen molar-refractivity contribution in [2.24, 2.45) is 0 Å². The second kappa shape index (κ2) is 15.6. The van der Waals surface area contributed by atoms with Gasteiger partial charge in [0.05, 0.1) is 22.4 Å². The number of rotatable bonds is 7. The summed E-state index contributed by atoms with van der Waals surface area (Å²) in [4.78, 5) is 9.99. The molecule has 0 fully saturated rings. The molecule has 5 nitrogen and oxygen atoms in total. The molecule has 0 spiro atoms. The van der Waals surface area contributed by atoms with Crippen LogP contribution in [-0.4, -0.2) is 16.2 Å². The Morgan fingerprint density at radius 3 is 1.75 bits per heavy atom. The lowest BCUT2D eigenvalue weighted by molar-refractivity contribution is 0.483. The SMILES string of the molecule is Cc1cc(-n2c3cc(Oc4cc(-c5c(C)cccc5C)cc(N5CN(c6ccccc6)c6ccccc65)c4)ccc3c3ccc(C(C)(C)C)cc32)ncc1-c1ccc(C(C)(C)C)cc1. The summed E-state index contributed by atoms with van der Waals surface area (Å²) in [6, 6.07) is 57.1. The molecule has 0 N–H and O–H groups in total. The molecule has 0 radical (unpaired) electrons. The van der Waals surface area contributed by atoms with Gasteiger partial charge < -0.3 is 14.5 Å². The van der Waals surface area contributed by atoms with E-state index in [1.807, 2.05) is 6.20 Å². The summed E-state index contributed by atoms with van der Waals surface area (Å²) in [5.74, 6) is 2.42. The van der Waals surface area contributed by atoms with Gasteiger partial charge in [-0.2, -0.15) is 0 Å². The number of ether oxygens (including phenoxy) is 1. The van der Waals surface area contributed by atoms with Crippen molar-refractivity contribution in [1.82, 2.24) is 9.55 Å². The van der Waals surface area contributed by atoms with Crippen molar-refractivity contribution in [3.8, 4) is 39.6 Å². The maximum absolute atomic E-state index is 7.05. The number of benzene rings is 7. The first-order valence-electron chi connectivity index (χ1n) is 22.5. The monoisotopic (exact) mass is 836 g/mol. The number of para-hydroxylation sites is 3. The van der Waals surface area contributed by atoms with E-state index in [1.54, 1.807) is 0 Å². The standard InChI is InChI=1S/C59H56N4O/c1-38-16-15-17-39(2)57(38)42-31-46(62-37-61(45-18-11-10-12-19-45)52-20-13-14-21-53(52)62)34-48(32-42)64-47-27-29-50-49-28-26-44(59(7,8)9)33-54(49)63(55(50)35-47)56-30-40(3)51(36-60-56)41-22-24-43(25-23-41)58(4,5)6/h10-36H,37H2,1-9H3. The average molecular weight is 837 g/mol.